The van der Waals surface area contributed by atoms with Gasteiger partial charge in [-0.25, -0.2) is 0 Å². The third-order valence-corrected chi connectivity index (χ3v) is 7.18. The van der Waals surface area contributed by atoms with Crippen LogP contribution in [0.5, 0.6) is 11.5 Å². The summed E-state index contributed by atoms with van der Waals surface area (Å²) in [5.41, 5.74) is 1.92. The largest absolute Gasteiger partial charge is 0.486 e. The minimum atomic E-state index is -0.755. The van der Waals surface area contributed by atoms with Crippen LogP contribution in [-0.4, -0.2) is 47.8 Å². The van der Waals surface area contributed by atoms with Gasteiger partial charge in [0, 0.05) is 30.8 Å². The van der Waals surface area contributed by atoms with E-state index in [0.29, 0.717) is 51.1 Å². The summed E-state index contributed by atoms with van der Waals surface area (Å²) >= 11 is 1.45. The molecule has 5 rings (SSSR count). The molecular formula is C27H28N2O4S. The van der Waals surface area contributed by atoms with Gasteiger partial charge in [-0.1, -0.05) is 36.4 Å². The lowest BCUT2D eigenvalue weighted by Crippen LogP contribution is -2.47. The molecule has 2 aliphatic rings. The molecule has 1 amide bonds. The minimum Gasteiger partial charge on any atom is -0.486 e. The SMILES string of the molecule is O=C(c1ccc(NSc2cccc3c2OCCO3)cc1)N1CCC(O)(Cc2ccccc2)CC1. The number of anilines is 1. The Balaban J connectivity index is 1.16. The Kier molecular flexibility index (Phi) is 6.65. The highest BCUT2D eigenvalue weighted by Crippen LogP contribution is 2.39. The van der Waals surface area contributed by atoms with Gasteiger partial charge in [0.05, 0.1) is 10.5 Å². The summed E-state index contributed by atoms with van der Waals surface area (Å²) in [5.74, 6) is 1.52. The summed E-state index contributed by atoms with van der Waals surface area (Å²) in [7, 11) is 0. The van der Waals surface area contributed by atoms with E-state index in [-0.39, 0.29) is 5.91 Å². The number of carbonyl (C=O) groups excluding carboxylic acids is 1. The molecule has 0 bridgehead atoms. The van der Waals surface area contributed by atoms with Gasteiger partial charge < -0.3 is 24.2 Å². The summed E-state index contributed by atoms with van der Waals surface area (Å²) in [4.78, 5) is 15.8. The molecule has 3 aromatic rings. The molecule has 0 spiro atoms. The average Bonchev–Trinajstić information content (AvgIpc) is 2.88. The number of nitrogens with one attached hydrogen (secondary N) is 1. The molecule has 2 heterocycles. The van der Waals surface area contributed by atoms with Crippen molar-refractivity contribution >= 4 is 23.5 Å². The molecule has 0 radical (unpaired) electrons. The maximum atomic E-state index is 13.0. The third kappa shape index (κ3) is 5.16. The zero-order valence-corrected chi connectivity index (χ0v) is 19.7. The van der Waals surface area contributed by atoms with Gasteiger partial charge >= 0.3 is 0 Å². The van der Waals surface area contributed by atoms with Crippen molar-refractivity contribution < 1.29 is 19.4 Å². The molecule has 7 heteroatoms. The fourth-order valence-electron chi connectivity index (χ4n) is 4.38. The van der Waals surface area contributed by atoms with E-state index < -0.39 is 5.60 Å². The van der Waals surface area contributed by atoms with E-state index >= 15 is 0 Å². The Labute approximate surface area is 204 Å². The number of benzene rings is 3. The fourth-order valence-corrected chi connectivity index (χ4v) is 5.15. The molecule has 1 fully saturated rings. The van der Waals surface area contributed by atoms with Crippen LogP contribution in [0.15, 0.2) is 77.7 Å². The minimum absolute atomic E-state index is 0.00337. The molecule has 0 aliphatic carbocycles. The lowest BCUT2D eigenvalue weighted by atomic mass is 9.85. The van der Waals surface area contributed by atoms with Gasteiger partial charge in [0.2, 0.25) is 0 Å². The van der Waals surface area contributed by atoms with Crippen LogP contribution >= 0.6 is 11.9 Å². The second-order valence-electron chi connectivity index (χ2n) is 8.74. The van der Waals surface area contributed by atoms with Crippen LogP contribution in [0.3, 0.4) is 0 Å². The van der Waals surface area contributed by atoms with Crippen LogP contribution in [0.25, 0.3) is 0 Å². The molecule has 34 heavy (non-hydrogen) atoms. The first-order valence-electron chi connectivity index (χ1n) is 11.6. The third-order valence-electron chi connectivity index (χ3n) is 6.30. The molecule has 0 unspecified atom stereocenters. The van der Waals surface area contributed by atoms with Crippen molar-refractivity contribution in [1.29, 1.82) is 0 Å². The Morgan fingerprint density at radius 3 is 2.44 bits per heavy atom. The van der Waals surface area contributed by atoms with Crippen LogP contribution in [0.1, 0.15) is 28.8 Å². The smallest absolute Gasteiger partial charge is 0.253 e. The average molecular weight is 477 g/mol. The highest BCUT2D eigenvalue weighted by molar-refractivity contribution is 8.00. The Morgan fingerprint density at radius 2 is 1.68 bits per heavy atom. The Morgan fingerprint density at radius 1 is 0.941 bits per heavy atom. The first-order valence-corrected chi connectivity index (χ1v) is 12.4. The van der Waals surface area contributed by atoms with E-state index in [1.807, 2.05) is 77.7 Å². The zero-order chi connectivity index (χ0) is 23.4. The number of para-hydroxylation sites is 1. The fraction of sp³-hybridized carbons (Fsp3) is 0.296. The number of nitrogens with zero attached hydrogens (tertiary/aromatic N) is 1. The lowest BCUT2D eigenvalue weighted by molar-refractivity contribution is -0.0162. The monoisotopic (exact) mass is 476 g/mol. The summed E-state index contributed by atoms with van der Waals surface area (Å²) in [6.45, 7) is 2.22. The van der Waals surface area contributed by atoms with Crippen molar-refractivity contribution in [3.8, 4) is 11.5 Å². The number of aliphatic hydroxyl groups is 1. The second-order valence-corrected chi connectivity index (χ2v) is 9.59. The van der Waals surface area contributed by atoms with Crippen molar-refractivity contribution in [2.75, 3.05) is 31.0 Å². The molecule has 0 saturated carbocycles. The quantitative estimate of drug-likeness (QED) is 0.499. The van der Waals surface area contributed by atoms with Crippen molar-refractivity contribution in [2.24, 2.45) is 0 Å². The molecule has 1 saturated heterocycles. The Bertz CT molecular complexity index is 1130. The predicted octanol–water partition coefficient (Wildman–Crippen LogP) is 4.79. The maximum Gasteiger partial charge on any atom is 0.253 e. The van der Waals surface area contributed by atoms with Crippen molar-refractivity contribution in [2.45, 2.75) is 29.8 Å². The van der Waals surface area contributed by atoms with Crippen LogP contribution in [0.2, 0.25) is 0 Å². The number of fused-ring (bicyclic) bond motifs is 1. The van der Waals surface area contributed by atoms with Crippen molar-refractivity contribution in [1.82, 2.24) is 4.90 Å². The molecular weight excluding hydrogens is 448 g/mol. The normalized spacial score (nSPS) is 16.7. The van der Waals surface area contributed by atoms with Gasteiger partial charge in [-0.05, 0) is 66.8 Å². The van der Waals surface area contributed by atoms with Gasteiger partial charge in [0.1, 0.15) is 13.2 Å². The number of amides is 1. The van der Waals surface area contributed by atoms with E-state index in [2.05, 4.69) is 4.72 Å². The molecule has 2 aliphatic heterocycles. The summed E-state index contributed by atoms with van der Waals surface area (Å²) in [5, 5.41) is 11.0. The number of carbonyl (C=O) groups is 1. The first kappa shape index (κ1) is 22.6. The van der Waals surface area contributed by atoms with E-state index in [1.165, 1.54) is 11.9 Å². The van der Waals surface area contributed by atoms with Gasteiger partial charge in [-0.3, -0.25) is 4.79 Å². The lowest BCUT2D eigenvalue weighted by Gasteiger charge is -2.38. The molecule has 2 N–H and O–H groups in total. The Hall–Kier alpha value is -3.16. The molecule has 0 atom stereocenters. The highest BCUT2D eigenvalue weighted by Gasteiger charge is 2.34. The van der Waals surface area contributed by atoms with Gasteiger partial charge in [-0.2, -0.15) is 0 Å². The van der Waals surface area contributed by atoms with Gasteiger partial charge in [0.25, 0.3) is 5.91 Å². The maximum absolute atomic E-state index is 13.0. The summed E-state index contributed by atoms with van der Waals surface area (Å²) in [6.07, 6.45) is 1.78. The number of ether oxygens (including phenoxy) is 2. The topological polar surface area (TPSA) is 71.0 Å². The van der Waals surface area contributed by atoms with Crippen LogP contribution in [0, 0.1) is 0 Å². The summed E-state index contributed by atoms with van der Waals surface area (Å²) in [6, 6.07) is 23.4. The predicted molar refractivity (Wildman–Crippen MR) is 134 cm³/mol. The molecule has 176 valence electrons. The molecule has 6 nitrogen and oxygen atoms in total. The number of likely N-dealkylation sites (tertiary alicyclic amines) is 1. The zero-order valence-electron chi connectivity index (χ0n) is 18.9. The van der Waals surface area contributed by atoms with E-state index in [0.717, 1.165) is 27.6 Å². The van der Waals surface area contributed by atoms with Crippen molar-refractivity contribution in [3.63, 3.8) is 0 Å². The van der Waals surface area contributed by atoms with E-state index in [9.17, 15) is 9.90 Å². The van der Waals surface area contributed by atoms with E-state index in [4.69, 9.17) is 9.47 Å². The standard InChI is InChI=1S/C27H28N2O4S/c30-26(29-15-13-27(31,14-16-29)19-20-5-2-1-3-6-20)21-9-11-22(12-10-21)28-34-24-8-4-7-23-25(24)33-18-17-32-23/h1-12,28,31H,13-19H2. The number of piperidine rings is 1. The molecule has 0 aromatic heterocycles. The number of rotatable bonds is 6. The van der Waals surface area contributed by atoms with Crippen LogP contribution in [0.4, 0.5) is 5.69 Å². The first-order chi connectivity index (χ1) is 16.6. The van der Waals surface area contributed by atoms with Crippen LogP contribution in [-0.2, 0) is 6.42 Å². The van der Waals surface area contributed by atoms with Gasteiger partial charge in [0.15, 0.2) is 11.5 Å². The highest BCUT2D eigenvalue weighted by atomic mass is 32.2. The van der Waals surface area contributed by atoms with E-state index in [1.54, 1.807) is 0 Å². The number of hydrogen-bond acceptors (Lipinski definition) is 6. The molecule has 3 aromatic carbocycles. The number of hydrogen-bond donors (Lipinski definition) is 2. The summed E-state index contributed by atoms with van der Waals surface area (Å²) < 4.78 is 14.7. The second kappa shape index (κ2) is 9.99. The van der Waals surface area contributed by atoms with Gasteiger partial charge in [-0.15, -0.1) is 0 Å². The van der Waals surface area contributed by atoms with Crippen LogP contribution < -0.4 is 14.2 Å². The van der Waals surface area contributed by atoms with Crippen molar-refractivity contribution in [3.05, 3.63) is 83.9 Å².